The van der Waals surface area contributed by atoms with Gasteiger partial charge in [-0.2, -0.15) is 0 Å². The van der Waals surface area contributed by atoms with Gasteiger partial charge in [-0.25, -0.2) is 0 Å². The predicted molar refractivity (Wildman–Crippen MR) is 321 cm³/mol. The molecule has 3 heteroatoms. The number of rotatable bonds is 10. The van der Waals surface area contributed by atoms with Gasteiger partial charge in [0.25, 0.3) is 0 Å². The second kappa shape index (κ2) is 19.5. The van der Waals surface area contributed by atoms with Crippen molar-refractivity contribution in [1.82, 2.24) is 0 Å². The molecule has 1 heterocycles. The molecule has 0 saturated carbocycles. The fourth-order valence-corrected chi connectivity index (χ4v) is 11.3. The van der Waals surface area contributed by atoms with Crippen molar-refractivity contribution in [2.24, 2.45) is 5.41 Å². The molecule has 13 rings (SSSR count). The van der Waals surface area contributed by atoms with Gasteiger partial charge in [0.15, 0.2) is 0 Å². The van der Waals surface area contributed by atoms with Gasteiger partial charge in [-0.1, -0.05) is 202 Å². The minimum atomic E-state index is 0.136. The van der Waals surface area contributed by atoms with Crippen molar-refractivity contribution < 1.29 is 4.42 Å². The quantitative estimate of drug-likeness (QED) is 0.127. The number of nitrogens with zero attached hydrogens (tertiary/aromatic N) is 2. The number of hydrogen-bond acceptors (Lipinski definition) is 3. The molecule has 76 heavy (non-hydrogen) atoms. The monoisotopic (exact) mass is 976 g/mol. The average molecular weight is 977 g/mol. The maximum Gasteiger partial charge on any atom is 0.136 e. The first-order valence-electron chi connectivity index (χ1n) is 26.5. The topological polar surface area (TPSA) is 19.6 Å². The van der Waals surface area contributed by atoms with Gasteiger partial charge in [-0.05, 0) is 158 Å². The van der Waals surface area contributed by atoms with E-state index in [1.807, 2.05) is 0 Å². The van der Waals surface area contributed by atoms with E-state index in [1.165, 1.54) is 44.5 Å². The zero-order valence-corrected chi connectivity index (χ0v) is 43.1. The van der Waals surface area contributed by atoms with E-state index >= 15 is 0 Å². The van der Waals surface area contributed by atoms with Crippen LogP contribution < -0.4 is 9.80 Å². The van der Waals surface area contributed by atoms with Gasteiger partial charge in [-0.3, -0.25) is 0 Å². The standard InChI is InChI=1S/C73H56N2O/c1-73(2,3)60-38-33-54(34-39-60)66-30-14-16-32-70(66)75(62-27-17-25-55(43-62)51-21-9-5-10-22-51)63-28-18-26-56-46-67-68-47-57-37-42-64(45-59(57)49-72(68)76-71(67)48-58(56)44-63)74(61-40-35-52(36-41-61)50-19-7-4-8-20-50)69-31-15-13-29-65(69)53-23-11-6-12-24-53/h4-17,19-25,27,29-33,35-38,40-49H,26,34,39H2,1-3H3. The molecule has 364 valence electrons. The summed E-state index contributed by atoms with van der Waals surface area (Å²) in [6.45, 7) is 6.94. The second-order valence-corrected chi connectivity index (χ2v) is 21.1. The molecular weight excluding hydrogens is 921 g/mol. The molecule has 0 saturated heterocycles. The summed E-state index contributed by atoms with van der Waals surface area (Å²) in [4.78, 5) is 4.76. The highest BCUT2D eigenvalue weighted by atomic mass is 16.3. The third kappa shape index (κ3) is 8.89. The number of para-hydroxylation sites is 2. The Hall–Kier alpha value is -9.36. The van der Waals surface area contributed by atoms with E-state index in [1.54, 1.807) is 0 Å². The van der Waals surface area contributed by atoms with Crippen LogP contribution >= 0.6 is 0 Å². The Morgan fingerprint density at radius 2 is 1.03 bits per heavy atom. The molecule has 0 radical (unpaired) electrons. The van der Waals surface area contributed by atoms with Gasteiger partial charge in [-0.15, -0.1) is 0 Å². The minimum absolute atomic E-state index is 0.136. The minimum Gasteiger partial charge on any atom is -0.456 e. The van der Waals surface area contributed by atoms with E-state index in [-0.39, 0.29) is 5.41 Å². The molecule has 10 aromatic carbocycles. The van der Waals surface area contributed by atoms with Gasteiger partial charge >= 0.3 is 0 Å². The summed E-state index contributed by atoms with van der Waals surface area (Å²) in [6.07, 6.45) is 9.61. The fourth-order valence-electron chi connectivity index (χ4n) is 11.3. The largest absolute Gasteiger partial charge is 0.456 e. The Bertz CT molecular complexity index is 4160. The van der Waals surface area contributed by atoms with Crippen molar-refractivity contribution in [2.45, 2.75) is 40.0 Å². The molecule has 3 nitrogen and oxygen atoms in total. The predicted octanol–water partition coefficient (Wildman–Crippen LogP) is 20.1. The Kier molecular flexibility index (Phi) is 11.9. The van der Waals surface area contributed by atoms with E-state index in [0.29, 0.717) is 6.42 Å². The van der Waals surface area contributed by atoms with Crippen LogP contribution in [0.2, 0.25) is 0 Å². The highest BCUT2D eigenvalue weighted by Crippen LogP contribution is 2.46. The van der Waals surface area contributed by atoms with Crippen LogP contribution in [0.3, 0.4) is 0 Å². The maximum atomic E-state index is 6.92. The lowest BCUT2D eigenvalue weighted by Gasteiger charge is -2.30. The molecule has 0 N–H and O–H groups in total. The zero-order valence-electron chi connectivity index (χ0n) is 43.1. The van der Waals surface area contributed by atoms with Gasteiger partial charge in [0.05, 0.1) is 17.1 Å². The molecule has 2 aliphatic rings. The number of allylic oxidation sites excluding steroid dienone is 5. The number of furan rings is 1. The van der Waals surface area contributed by atoms with Crippen molar-refractivity contribution in [2.75, 3.05) is 9.80 Å². The Balaban J connectivity index is 0.916. The first-order valence-corrected chi connectivity index (χ1v) is 26.5. The summed E-state index contributed by atoms with van der Waals surface area (Å²) in [5.74, 6) is 7.31. The number of fused-ring (bicyclic) bond motifs is 5. The first kappa shape index (κ1) is 46.4. The van der Waals surface area contributed by atoms with E-state index in [2.05, 4.69) is 291 Å². The normalized spacial score (nSPS) is 13.3. The van der Waals surface area contributed by atoms with E-state index in [4.69, 9.17) is 4.42 Å². The molecular formula is C73H56N2O. The van der Waals surface area contributed by atoms with Gasteiger partial charge in [0.1, 0.15) is 11.2 Å². The summed E-state index contributed by atoms with van der Waals surface area (Å²) < 4.78 is 6.92. The molecule has 0 bridgehead atoms. The van der Waals surface area contributed by atoms with Crippen molar-refractivity contribution in [3.8, 4) is 45.2 Å². The lowest BCUT2D eigenvalue weighted by molar-refractivity contribution is 0.482. The Morgan fingerprint density at radius 1 is 0.434 bits per heavy atom. The zero-order chi connectivity index (χ0) is 51.2. The maximum absolute atomic E-state index is 6.92. The molecule has 0 amide bonds. The smallest absolute Gasteiger partial charge is 0.136 e. The van der Waals surface area contributed by atoms with Crippen molar-refractivity contribution in [3.05, 3.63) is 271 Å². The van der Waals surface area contributed by atoms with Crippen LogP contribution in [0.25, 0.3) is 77.7 Å². The SMILES string of the molecule is CC(C)(C)C1=CC=C(c2ccccc2N(C2=Cc3cc4oc5cc6cc(N(c7ccc(-c8ccccc8)cc7)c7ccccc7-c7ccccc7)ccc6cc5c4cc3CC#C2)c2cccc(-c3ccccc3)c2)CC1. The molecule has 2 aliphatic carbocycles. The summed E-state index contributed by atoms with van der Waals surface area (Å²) in [7, 11) is 0. The summed E-state index contributed by atoms with van der Waals surface area (Å²) in [6, 6.07) is 83.1. The molecule has 0 spiro atoms. The van der Waals surface area contributed by atoms with Gasteiger partial charge < -0.3 is 14.2 Å². The summed E-state index contributed by atoms with van der Waals surface area (Å²) in [5.41, 5.74) is 21.5. The van der Waals surface area contributed by atoms with E-state index in [9.17, 15) is 0 Å². The summed E-state index contributed by atoms with van der Waals surface area (Å²) in [5, 5.41) is 4.45. The molecule has 1 aromatic heterocycles. The number of hydrogen-bond donors (Lipinski definition) is 0. The van der Waals surface area contributed by atoms with Crippen LogP contribution in [0.5, 0.6) is 0 Å². The van der Waals surface area contributed by atoms with Crippen molar-refractivity contribution >= 4 is 72.8 Å². The lowest BCUT2D eigenvalue weighted by atomic mass is 9.79. The lowest BCUT2D eigenvalue weighted by Crippen LogP contribution is -2.17. The molecule has 0 fully saturated rings. The van der Waals surface area contributed by atoms with E-state index < -0.39 is 0 Å². The van der Waals surface area contributed by atoms with Crippen LogP contribution in [0.1, 0.15) is 50.3 Å². The van der Waals surface area contributed by atoms with Crippen molar-refractivity contribution in [1.29, 1.82) is 0 Å². The fraction of sp³-hybridized carbons (Fsp3) is 0.0959. The van der Waals surface area contributed by atoms with Crippen LogP contribution in [-0.4, -0.2) is 0 Å². The van der Waals surface area contributed by atoms with Crippen LogP contribution in [-0.2, 0) is 6.42 Å². The van der Waals surface area contributed by atoms with Crippen LogP contribution in [0.4, 0.5) is 28.4 Å². The average Bonchev–Trinajstić information content (AvgIpc) is 3.73. The van der Waals surface area contributed by atoms with Gasteiger partial charge in [0.2, 0.25) is 0 Å². The van der Waals surface area contributed by atoms with Crippen LogP contribution in [0.15, 0.2) is 258 Å². The second-order valence-electron chi connectivity index (χ2n) is 21.1. The van der Waals surface area contributed by atoms with Crippen molar-refractivity contribution in [3.63, 3.8) is 0 Å². The van der Waals surface area contributed by atoms with Crippen LogP contribution in [0, 0.1) is 17.3 Å². The highest BCUT2D eigenvalue weighted by molar-refractivity contribution is 6.11. The Morgan fingerprint density at radius 3 is 1.74 bits per heavy atom. The van der Waals surface area contributed by atoms with Gasteiger partial charge in [0, 0.05) is 45.4 Å². The Labute approximate surface area is 446 Å². The molecule has 11 aromatic rings. The number of anilines is 5. The first-order chi connectivity index (χ1) is 37.3. The summed E-state index contributed by atoms with van der Waals surface area (Å²) >= 11 is 0. The molecule has 0 atom stereocenters. The molecule has 0 aliphatic heterocycles. The third-order valence-electron chi connectivity index (χ3n) is 15.2. The molecule has 0 unspecified atom stereocenters. The number of benzene rings is 10. The third-order valence-corrected chi connectivity index (χ3v) is 15.2. The highest BCUT2D eigenvalue weighted by Gasteiger charge is 2.25. The van der Waals surface area contributed by atoms with E-state index in [0.717, 1.165) is 96.4 Å².